The molecule has 0 aromatic heterocycles. The fourth-order valence-corrected chi connectivity index (χ4v) is 2.86. The van der Waals surface area contributed by atoms with Crippen LogP contribution in [0.2, 0.25) is 0 Å². The van der Waals surface area contributed by atoms with Gasteiger partial charge in [0.1, 0.15) is 5.75 Å². The van der Waals surface area contributed by atoms with Crippen molar-refractivity contribution in [2.75, 3.05) is 25.2 Å². The maximum absolute atomic E-state index is 12.0. The summed E-state index contributed by atoms with van der Waals surface area (Å²) in [5.41, 5.74) is 1.24. The van der Waals surface area contributed by atoms with Gasteiger partial charge < -0.3 is 15.4 Å². The monoisotopic (exact) mass is 344 g/mol. The van der Waals surface area contributed by atoms with Gasteiger partial charge in [0, 0.05) is 35.4 Å². The van der Waals surface area contributed by atoms with E-state index in [9.17, 15) is 9.59 Å². The average molecular weight is 344 g/mol. The highest BCUT2D eigenvalue weighted by molar-refractivity contribution is 7.99. The minimum absolute atomic E-state index is 0.0521. The number of ether oxygens (including phenoxy) is 1. The van der Waals surface area contributed by atoms with Gasteiger partial charge in [-0.05, 0) is 48.5 Å². The number of hydrogen-bond donors (Lipinski definition) is 2. The van der Waals surface area contributed by atoms with Crippen LogP contribution in [0.4, 0.5) is 5.69 Å². The number of hydrogen-bond acceptors (Lipinski definition) is 4. The topological polar surface area (TPSA) is 67.4 Å². The van der Waals surface area contributed by atoms with Crippen LogP contribution in [0.15, 0.2) is 53.4 Å². The first-order chi connectivity index (χ1) is 11.6. The molecular weight excluding hydrogens is 324 g/mol. The summed E-state index contributed by atoms with van der Waals surface area (Å²) in [6.07, 6.45) is 0.411. The molecule has 24 heavy (non-hydrogen) atoms. The van der Waals surface area contributed by atoms with Crippen LogP contribution in [0.5, 0.6) is 5.75 Å². The van der Waals surface area contributed by atoms with E-state index in [1.807, 2.05) is 24.3 Å². The molecule has 126 valence electrons. The van der Waals surface area contributed by atoms with Crippen LogP contribution in [0.1, 0.15) is 16.8 Å². The molecule has 2 N–H and O–H groups in total. The molecule has 0 radical (unpaired) electrons. The SMILES string of the molecule is CNC(=O)c1ccc(NC(=O)CCSc2ccc(OC)cc2)cc1. The second-order valence-electron chi connectivity index (χ2n) is 4.98. The summed E-state index contributed by atoms with van der Waals surface area (Å²) >= 11 is 1.62. The van der Waals surface area contributed by atoms with E-state index in [4.69, 9.17) is 4.74 Å². The van der Waals surface area contributed by atoms with Gasteiger partial charge in [0.15, 0.2) is 0 Å². The molecule has 0 saturated carbocycles. The Morgan fingerprint density at radius 1 is 1.04 bits per heavy atom. The summed E-state index contributed by atoms with van der Waals surface area (Å²) < 4.78 is 5.11. The third-order valence-corrected chi connectivity index (χ3v) is 4.33. The molecule has 0 fully saturated rings. The van der Waals surface area contributed by atoms with Crippen molar-refractivity contribution in [3.05, 3.63) is 54.1 Å². The molecule has 0 heterocycles. The molecule has 5 nitrogen and oxygen atoms in total. The molecule has 0 aliphatic heterocycles. The Hall–Kier alpha value is -2.47. The standard InChI is InChI=1S/C18H20N2O3S/c1-19-18(22)13-3-5-14(6-4-13)20-17(21)11-12-24-16-9-7-15(23-2)8-10-16/h3-10H,11-12H2,1-2H3,(H,19,22)(H,20,21). The highest BCUT2D eigenvalue weighted by atomic mass is 32.2. The van der Waals surface area contributed by atoms with Gasteiger partial charge in [0.05, 0.1) is 7.11 Å². The van der Waals surface area contributed by atoms with Crippen LogP contribution in [-0.2, 0) is 4.79 Å². The lowest BCUT2D eigenvalue weighted by Gasteiger charge is -2.07. The Morgan fingerprint density at radius 3 is 2.29 bits per heavy atom. The number of nitrogens with one attached hydrogen (secondary N) is 2. The first kappa shape index (κ1) is 17.9. The number of benzene rings is 2. The van der Waals surface area contributed by atoms with Gasteiger partial charge in [-0.3, -0.25) is 9.59 Å². The van der Waals surface area contributed by atoms with E-state index in [-0.39, 0.29) is 11.8 Å². The predicted octanol–water partition coefficient (Wildman–Crippen LogP) is 3.18. The number of carbonyl (C=O) groups excluding carboxylic acids is 2. The molecule has 0 saturated heterocycles. The number of amides is 2. The maximum atomic E-state index is 12.0. The van der Waals surface area contributed by atoms with Crippen LogP contribution in [0.25, 0.3) is 0 Å². The smallest absolute Gasteiger partial charge is 0.251 e. The van der Waals surface area contributed by atoms with Crippen molar-refractivity contribution in [2.24, 2.45) is 0 Å². The maximum Gasteiger partial charge on any atom is 0.251 e. The summed E-state index contributed by atoms with van der Waals surface area (Å²) in [4.78, 5) is 24.5. The van der Waals surface area contributed by atoms with E-state index >= 15 is 0 Å². The second kappa shape index (κ2) is 8.98. The molecule has 0 unspecified atom stereocenters. The number of methoxy groups -OCH3 is 1. The van der Waals surface area contributed by atoms with E-state index in [2.05, 4.69) is 10.6 Å². The third-order valence-electron chi connectivity index (χ3n) is 3.32. The van der Waals surface area contributed by atoms with Gasteiger partial charge in [0.2, 0.25) is 5.91 Å². The molecular formula is C18H20N2O3S. The Morgan fingerprint density at radius 2 is 1.71 bits per heavy atom. The zero-order valence-corrected chi connectivity index (χ0v) is 14.5. The lowest BCUT2D eigenvalue weighted by Crippen LogP contribution is -2.18. The lowest BCUT2D eigenvalue weighted by molar-refractivity contribution is -0.115. The fraction of sp³-hybridized carbons (Fsp3) is 0.222. The molecule has 0 bridgehead atoms. The summed E-state index contributed by atoms with van der Waals surface area (Å²) in [5.74, 6) is 1.30. The van der Waals surface area contributed by atoms with Gasteiger partial charge in [-0.15, -0.1) is 11.8 Å². The van der Waals surface area contributed by atoms with E-state index in [1.54, 1.807) is 50.2 Å². The van der Waals surface area contributed by atoms with Crippen molar-refractivity contribution >= 4 is 29.3 Å². The molecule has 0 atom stereocenters. The molecule has 2 rings (SSSR count). The quantitative estimate of drug-likeness (QED) is 0.757. The van der Waals surface area contributed by atoms with Gasteiger partial charge in [-0.1, -0.05) is 0 Å². The predicted molar refractivity (Wildman–Crippen MR) is 96.8 cm³/mol. The van der Waals surface area contributed by atoms with E-state index in [1.165, 1.54) is 0 Å². The molecule has 2 aromatic rings. The summed E-state index contributed by atoms with van der Waals surface area (Å²) in [5, 5.41) is 5.38. The van der Waals surface area contributed by atoms with Crippen molar-refractivity contribution < 1.29 is 14.3 Å². The van der Waals surface area contributed by atoms with Gasteiger partial charge in [-0.25, -0.2) is 0 Å². The van der Waals surface area contributed by atoms with Crippen LogP contribution < -0.4 is 15.4 Å². The van der Waals surface area contributed by atoms with Gasteiger partial charge in [-0.2, -0.15) is 0 Å². The molecule has 2 aromatic carbocycles. The van der Waals surface area contributed by atoms with Crippen molar-refractivity contribution in [3.63, 3.8) is 0 Å². The first-order valence-corrected chi connectivity index (χ1v) is 8.50. The molecule has 6 heteroatoms. The Kier molecular flexibility index (Phi) is 6.69. The summed E-state index contributed by atoms with van der Waals surface area (Å²) in [6, 6.07) is 14.5. The van der Waals surface area contributed by atoms with Crippen LogP contribution in [0, 0.1) is 0 Å². The Bertz CT molecular complexity index is 684. The van der Waals surface area contributed by atoms with Gasteiger partial charge >= 0.3 is 0 Å². The zero-order chi connectivity index (χ0) is 17.4. The number of thioether (sulfide) groups is 1. The normalized spacial score (nSPS) is 10.1. The van der Waals surface area contributed by atoms with Crippen LogP contribution >= 0.6 is 11.8 Å². The van der Waals surface area contributed by atoms with Gasteiger partial charge in [0.25, 0.3) is 5.91 Å². The van der Waals surface area contributed by atoms with Crippen molar-refractivity contribution in [2.45, 2.75) is 11.3 Å². The third kappa shape index (κ3) is 5.31. The molecule has 0 aliphatic carbocycles. The lowest BCUT2D eigenvalue weighted by atomic mass is 10.2. The first-order valence-electron chi connectivity index (χ1n) is 7.51. The average Bonchev–Trinajstić information content (AvgIpc) is 2.62. The largest absolute Gasteiger partial charge is 0.497 e. The van der Waals surface area contributed by atoms with Crippen molar-refractivity contribution in [3.8, 4) is 5.75 Å². The van der Waals surface area contributed by atoms with Crippen molar-refractivity contribution in [1.29, 1.82) is 0 Å². The fourth-order valence-electron chi connectivity index (χ4n) is 2.01. The Balaban J connectivity index is 1.77. The molecule has 0 spiro atoms. The highest BCUT2D eigenvalue weighted by Crippen LogP contribution is 2.22. The van der Waals surface area contributed by atoms with E-state index in [0.717, 1.165) is 10.6 Å². The molecule has 0 aliphatic rings. The van der Waals surface area contributed by atoms with Crippen molar-refractivity contribution in [1.82, 2.24) is 5.32 Å². The summed E-state index contributed by atoms with van der Waals surface area (Å²) in [6.45, 7) is 0. The summed E-state index contributed by atoms with van der Waals surface area (Å²) in [7, 11) is 3.21. The van der Waals surface area contributed by atoms with E-state index < -0.39 is 0 Å². The number of carbonyl (C=O) groups is 2. The highest BCUT2D eigenvalue weighted by Gasteiger charge is 2.05. The second-order valence-corrected chi connectivity index (χ2v) is 6.15. The number of rotatable bonds is 7. The molecule has 2 amide bonds. The minimum atomic E-state index is -0.149. The van der Waals surface area contributed by atoms with Crippen LogP contribution in [-0.4, -0.2) is 31.7 Å². The Labute approximate surface area is 145 Å². The zero-order valence-electron chi connectivity index (χ0n) is 13.7. The van der Waals surface area contributed by atoms with E-state index in [0.29, 0.717) is 23.4 Å². The van der Waals surface area contributed by atoms with Crippen LogP contribution in [0.3, 0.4) is 0 Å². The number of anilines is 1. The minimum Gasteiger partial charge on any atom is -0.497 e.